The van der Waals surface area contributed by atoms with E-state index >= 15 is 0 Å². The zero-order chi connectivity index (χ0) is 14.4. The van der Waals surface area contributed by atoms with Crippen LogP contribution in [0, 0.1) is 0 Å². The van der Waals surface area contributed by atoms with Gasteiger partial charge in [-0.1, -0.05) is 11.8 Å². The molecule has 10 heteroatoms. The summed E-state index contributed by atoms with van der Waals surface area (Å²) in [7, 11) is 1.52. The minimum Gasteiger partial charge on any atom is -0.387 e. The monoisotopic (exact) mass is 304 g/mol. The van der Waals surface area contributed by atoms with Gasteiger partial charge in [-0.15, -0.1) is 0 Å². The molecule has 19 heavy (non-hydrogen) atoms. The molecule has 1 fully saturated rings. The van der Waals surface area contributed by atoms with Crippen LogP contribution < -0.4 is 5.32 Å². The van der Waals surface area contributed by atoms with Crippen LogP contribution in [-0.2, 0) is 4.74 Å². The molecule has 2 rings (SSSR count). The van der Waals surface area contributed by atoms with E-state index in [9.17, 15) is 22.7 Å². The average molecular weight is 304 g/mol. The molecule has 0 aromatic heterocycles. The van der Waals surface area contributed by atoms with Gasteiger partial charge in [0, 0.05) is 7.05 Å². The number of alkyl halides is 4. The van der Waals surface area contributed by atoms with Gasteiger partial charge in [-0.05, 0) is 0 Å². The highest BCUT2D eigenvalue weighted by atomic mass is 32.2. The minimum absolute atomic E-state index is 0.312. The van der Waals surface area contributed by atoms with Crippen molar-refractivity contribution in [3.05, 3.63) is 0 Å². The molecule has 0 saturated carbocycles. The molecule has 0 aromatic carbocycles. The zero-order valence-electron chi connectivity index (χ0n) is 9.63. The third-order valence-corrected chi connectivity index (χ3v) is 4.07. The van der Waals surface area contributed by atoms with Crippen LogP contribution in [0.1, 0.15) is 0 Å². The number of ether oxygens (including phenoxy) is 1. The lowest BCUT2D eigenvalue weighted by Gasteiger charge is -2.39. The summed E-state index contributed by atoms with van der Waals surface area (Å²) >= 11 is 0.919. The Morgan fingerprint density at radius 1 is 1.47 bits per heavy atom. The fraction of sp³-hybridized carbons (Fsp3) is 0.889. The van der Waals surface area contributed by atoms with Crippen molar-refractivity contribution in [2.24, 2.45) is 4.99 Å². The summed E-state index contributed by atoms with van der Waals surface area (Å²) in [5.74, 6) is 0. The predicted molar refractivity (Wildman–Crippen MR) is 59.5 cm³/mol. The molecule has 6 atom stereocenters. The fourth-order valence-electron chi connectivity index (χ4n) is 1.93. The van der Waals surface area contributed by atoms with Gasteiger partial charge in [0.15, 0.2) is 17.4 Å². The van der Waals surface area contributed by atoms with Crippen molar-refractivity contribution in [1.29, 1.82) is 0 Å². The van der Waals surface area contributed by atoms with Crippen LogP contribution in [0.15, 0.2) is 4.99 Å². The molecule has 2 aliphatic heterocycles. The number of fused-ring (bicyclic) bond motifs is 1. The topological polar surface area (TPSA) is 74.1 Å². The molecule has 3 N–H and O–H groups in total. The normalized spacial score (nSPS) is 40.6. The van der Waals surface area contributed by atoms with Crippen molar-refractivity contribution < 1.29 is 32.5 Å². The molecule has 0 aliphatic carbocycles. The van der Waals surface area contributed by atoms with Crippen molar-refractivity contribution in [2.75, 3.05) is 7.05 Å². The first kappa shape index (κ1) is 14.8. The second-order valence-corrected chi connectivity index (χ2v) is 5.27. The van der Waals surface area contributed by atoms with Crippen LogP contribution in [0.4, 0.5) is 17.6 Å². The lowest BCUT2D eigenvalue weighted by atomic mass is 9.96. The van der Waals surface area contributed by atoms with Gasteiger partial charge in [0.2, 0.25) is 0 Å². The Labute approximate surface area is 110 Å². The van der Waals surface area contributed by atoms with Gasteiger partial charge in [-0.25, -0.2) is 4.39 Å². The third kappa shape index (κ3) is 2.67. The average Bonchev–Trinajstić information content (AvgIpc) is 2.75. The highest BCUT2D eigenvalue weighted by Gasteiger charge is 2.56. The van der Waals surface area contributed by atoms with Crippen molar-refractivity contribution >= 4 is 16.9 Å². The zero-order valence-corrected chi connectivity index (χ0v) is 10.5. The van der Waals surface area contributed by atoms with Crippen LogP contribution in [0.25, 0.3) is 0 Å². The Balaban J connectivity index is 2.16. The maximum absolute atomic E-state index is 13.9. The number of halogens is 4. The van der Waals surface area contributed by atoms with E-state index in [0.717, 1.165) is 11.8 Å². The van der Waals surface area contributed by atoms with E-state index in [-0.39, 0.29) is 0 Å². The molecule has 0 spiro atoms. The van der Waals surface area contributed by atoms with E-state index in [1.165, 1.54) is 7.05 Å². The first-order chi connectivity index (χ1) is 8.75. The molecule has 1 saturated heterocycles. The smallest absolute Gasteiger partial charge is 0.387 e. The molecule has 0 radical (unpaired) electrons. The fourth-order valence-corrected chi connectivity index (χ4v) is 2.98. The molecule has 2 heterocycles. The van der Waals surface area contributed by atoms with Crippen molar-refractivity contribution in [3.8, 4) is 0 Å². The summed E-state index contributed by atoms with van der Waals surface area (Å²) in [6.45, 7) is 0. The van der Waals surface area contributed by atoms with E-state index in [2.05, 4.69) is 10.3 Å². The maximum Gasteiger partial charge on any atom is 0.417 e. The molecule has 5 nitrogen and oxygen atoms in total. The van der Waals surface area contributed by atoms with Crippen LogP contribution in [0.5, 0.6) is 0 Å². The number of rotatable bonds is 1. The first-order valence-corrected chi connectivity index (χ1v) is 6.28. The van der Waals surface area contributed by atoms with Crippen LogP contribution in [0.2, 0.25) is 0 Å². The summed E-state index contributed by atoms with van der Waals surface area (Å²) < 4.78 is 56.1. The predicted octanol–water partition coefficient (Wildman–Crippen LogP) is 0.0243. The number of thioether (sulfide) groups is 1. The number of aliphatic imine (C=N–C) groups is 1. The minimum atomic E-state index is -4.99. The molecule has 0 aromatic rings. The summed E-state index contributed by atoms with van der Waals surface area (Å²) in [6, 6.07) is -1.08. The Hall–Kier alpha value is -0.580. The summed E-state index contributed by atoms with van der Waals surface area (Å²) in [6.07, 6.45) is -14.1. The second kappa shape index (κ2) is 5.08. The quantitative estimate of drug-likeness (QED) is 0.596. The van der Waals surface area contributed by atoms with E-state index < -0.39 is 42.1 Å². The number of aliphatic hydroxyl groups excluding tert-OH is 2. The molecule has 0 unspecified atom stereocenters. The highest BCUT2D eigenvalue weighted by Crippen LogP contribution is 2.40. The van der Waals surface area contributed by atoms with Crippen LogP contribution >= 0.6 is 11.8 Å². The SMILES string of the molecule is CNC1=N[C@@H]2[C@@H](F)[C@@H](O)[C@@H]([C@@H](O)C(F)(F)F)O[C@@H]2S1. The lowest BCUT2D eigenvalue weighted by molar-refractivity contribution is -0.267. The van der Waals surface area contributed by atoms with Crippen molar-refractivity contribution in [3.63, 3.8) is 0 Å². The maximum atomic E-state index is 13.9. The first-order valence-electron chi connectivity index (χ1n) is 5.40. The Kier molecular flexibility index (Phi) is 3.96. The number of nitrogens with one attached hydrogen (secondary N) is 1. The molecule has 2 aliphatic rings. The summed E-state index contributed by atoms with van der Waals surface area (Å²) in [5, 5.41) is 21.6. The molecule has 0 amide bonds. The van der Waals surface area contributed by atoms with Gasteiger partial charge in [0.25, 0.3) is 0 Å². The molecular formula is C9H12F4N2O3S. The summed E-state index contributed by atoms with van der Waals surface area (Å²) in [4.78, 5) is 3.86. The van der Waals surface area contributed by atoms with Gasteiger partial charge in [0.05, 0.1) is 0 Å². The van der Waals surface area contributed by atoms with E-state index in [0.29, 0.717) is 5.17 Å². The standard InChI is InChI=1S/C9H12F4N2O3S/c1-14-8-15-3-2(10)4(16)5(18-7(3)19-8)6(17)9(11,12)13/h2-7,16-17H,1H3,(H,14,15)/t2-,3-,4-,5+,6-,7-/m1/s1. The number of hydrogen-bond donors (Lipinski definition) is 3. The number of hydrogen-bond acceptors (Lipinski definition) is 6. The van der Waals surface area contributed by atoms with E-state index in [1.807, 2.05) is 0 Å². The molecular weight excluding hydrogens is 292 g/mol. The largest absolute Gasteiger partial charge is 0.417 e. The Morgan fingerprint density at radius 2 is 2.11 bits per heavy atom. The van der Waals surface area contributed by atoms with Crippen LogP contribution in [-0.4, -0.2) is 64.6 Å². The van der Waals surface area contributed by atoms with E-state index in [1.54, 1.807) is 0 Å². The van der Waals surface area contributed by atoms with Gasteiger partial charge in [0.1, 0.15) is 23.7 Å². The van der Waals surface area contributed by atoms with E-state index in [4.69, 9.17) is 9.84 Å². The Bertz CT molecular complexity index is 381. The second-order valence-electron chi connectivity index (χ2n) is 4.18. The lowest BCUT2D eigenvalue weighted by Crippen LogP contribution is -2.59. The van der Waals surface area contributed by atoms with Gasteiger partial charge in [-0.3, -0.25) is 4.99 Å². The van der Waals surface area contributed by atoms with Gasteiger partial charge in [-0.2, -0.15) is 13.2 Å². The number of aliphatic hydroxyl groups is 2. The molecule has 110 valence electrons. The Morgan fingerprint density at radius 3 is 2.63 bits per heavy atom. The summed E-state index contributed by atoms with van der Waals surface area (Å²) in [5.41, 5.74) is -0.997. The third-order valence-electron chi connectivity index (χ3n) is 2.91. The number of nitrogens with zero attached hydrogens (tertiary/aromatic N) is 1. The van der Waals surface area contributed by atoms with Gasteiger partial charge < -0.3 is 20.3 Å². The van der Waals surface area contributed by atoms with Crippen molar-refractivity contribution in [1.82, 2.24) is 5.32 Å². The van der Waals surface area contributed by atoms with Crippen LogP contribution in [0.3, 0.4) is 0 Å². The number of amidine groups is 1. The molecule has 0 bridgehead atoms. The van der Waals surface area contributed by atoms with Crippen molar-refractivity contribution in [2.45, 2.75) is 42.1 Å². The van der Waals surface area contributed by atoms with Gasteiger partial charge >= 0.3 is 6.18 Å². The highest BCUT2D eigenvalue weighted by molar-refractivity contribution is 8.14.